The van der Waals surface area contributed by atoms with Gasteiger partial charge in [0.05, 0.1) is 0 Å². The molecular formula is C10H11FN2O. The number of halogens is 1. The van der Waals surface area contributed by atoms with E-state index in [1.165, 1.54) is 6.07 Å². The lowest BCUT2D eigenvalue weighted by molar-refractivity contribution is 0.517. The van der Waals surface area contributed by atoms with E-state index in [9.17, 15) is 9.18 Å². The molecule has 2 atom stereocenters. The van der Waals surface area contributed by atoms with E-state index in [1.54, 1.807) is 4.57 Å². The van der Waals surface area contributed by atoms with Crippen LogP contribution in [0.2, 0.25) is 0 Å². The Morgan fingerprint density at radius 1 is 1.43 bits per heavy atom. The summed E-state index contributed by atoms with van der Waals surface area (Å²) in [5.41, 5.74) is 0.666. The minimum absolute atomic E-state index is 0.200. The predicted octanol–water partition coefficient (Wildman–Crippen LogP) is 0.304. The number of hydrogen-bond acceptors (Lipinski definition) is 2. The maximum absolute atomic E-state index is 13.0. The summed E-state index contributed by atoms with van der Waals surface area (Å²) in [6, 6.07) is 2.57. The van der Waals surface area contributed by atoms with Gasteiger partial charge in [-0.3, -0.25) is 4.79 Å². The van der Waals surface area contributed by atoms with Crippen LogP contribution in [-0.4, -0.2) is 17.7 Å². The van der Waals surface area contributed by atoms with Crippen molar-refractivity contribution in [3.05, 3.63) is 34.0 Å². The highest BCUT2D eigenvalue weighted by atomic mass is 19.1. The molecule has 74 valence electrons. The van der Waals surface area contributed by atoms with E-state index < -0.39 is 5.82 Å². The zero-order valence-electron chi connectivity index (χ0n) is 7.66. The average Bonchev–Trinajstić information content (AvgIpc) is 2.65. The molecule has 1 aromatic rings. The van der Waals surface area contributed by atoms with E-state index in [0.29, 0.717) is 11.8 Å². The van der Waals surface area contributed by atoms with Crippen molar-refractivity contribution in [3.63, 3.8) is 0 Å². The summed E-state index contributed by atoms with van der Waals surface area (Å²) in [6.45, 7) is 2.55. The molecule has 14 heavy (non-hydrogen) atoms. The second-order valence-corrected chi connectivity index (χ2v) is 4.07. The van der Waals surface area contributed by atoms with Gasteiger partial charge in [-0.05, 0) is 12.0 Å². The zero-order valence-corrected chi connectivity index (χ0v) is 7.66. The van der Waals surface area contributed by atoms with Gasteiger partial charge in [0.2, 0.25) is 0 Å². The van der Waals surface area contributed by atoms with E-state index >= 15 is 0 Å². The fourth-order valence-corrected chi connectivity index (χ4v) is 2.59. The van der Waals surface area contributed by atoms with Gasteiger partial charge in [-0.2, -0.15) is 0 Å². The normalized spacial score (nSPS) is 28.9. The largest absolute Gasteiger partial charge is 0.316 e. The third-order valence-electron chi connectivity index (χ3n) is 3.26. The molecule has 0 spiro atoms. The molecule has 0 aliphatic carbocycles. The molecule has 0 radical (unpaired) electrons. The van der Waals surface area contributed by atoms with Gasteiger partial charge in [0.15, 0.2) is 0 Å². The molecular weight excluding hydrogens is 183 g/mol. The van der Waals surface area contributed by atoms with Crippen LogP contribution in [0.25, 0.3) is 0 Å². The Labute approximate surface area is 80.6 Å². The molecule has 0 amide bonds. The highest BCUT2D eigenvalue weighted by molar-refractivity contribution is 5.21. The van der Waals surface area contributed by atoms with Crippen LogP contribution in [0.15, 0.2) is 16.9 Å². The average molecular weight is 194 g/mol. The van der Waals surface area contributed by atoms with E-state index in [1.807, 2.05) is 0 Å². The zero-order chi connectivity index (χ0) is 9.71. The van der Waals surface area contributed by atoms with Crippen molar-refractivity contribution >= 4 is 0 Å². The van der Waals surface area contributed by atoms with Crippen molar-refractivity contribution in [1.82, 2.24) is 9.88 Å². The van der Waals surface area contributed by atoms with Gasteiger partial charge in [0, 0.05) is 37.3 Å². The van der Waals surface area contributed by atoms with Crippen molar-refractivity contribution in [1.29, 1.82) is 0 Å². The van der Waals surface area contributed by atoms with E-state index in [4.69, 9.17) is 0 Å². The van der Waals surface area contributed by atoms with Gasteiger partial charge in [-0.25, -0.2) is 4.39 Å². The summed E-state index contributed by atoms with van der Waals surface area (Å²) < 4.78 is 14.8. The quantitative estimate of drug-likeness (QED) is 0.644. The molecule has 1 fully saturated rings. The van der Waals surface area contributed by atoms with Crippen molar-refractivity contribution in [2.45, 2.75) is 12.5 Å². The Morgan fingerprint density at radius 2 is 2.29 bits per heavy atom. The molecule has 1 N–H and O–H groups in total. The lowest BCUT2D eigenvalue weighted by Crippen LogP contribution is -2.23. The monoisotopic (exact) mass is 194 g/mol. The third kappa shape index (κ3) is 0.973. The Morgan fingerprint density at radius 3 is 3.14 bits per heavy atom. The summed E-state index contributed by atoms with van der Waals surface area (Å²) >= 11 is 0. The van der Waals surface area contributed by atoms with E-state index in [0.717, 1.165) is 31.4 Å². The smallest absolute Gasteiger partial charge is 0.253 e. The summed E-state index contributed by atoms with van der Waals surface area (Å²) in [5, 5.41) is 3.27. The molecule has 0 aromatic carbocycles. The SMILES string of the molecule is O=c1cc(F)cc2n1C[C@@H]1CNC[C@H]21. The number of fused-ring (bicyclic) bond motifs is 3. The van der Waals surface area contributed by atoms with Gasteiger partial charge < -0.3 is 9.88 Å². The molecule has 4 heteroatoms. The standard InChI is InChI=1S/C10H11FN2O/c11-7-1-9-8-4-12-3-6(8)5-13(9)10(14)2-7/h1-2,6,8,12H,3-5H2/t6-,8-/m0/s1. The van der Waals surface area contributed by atoms with Gasteiger partial charge >= 0.3 is 0 Å². The van der Waals surface area contributed by atoms with Gasteiger partial charge in [-0.15, -0.1) is 0 Å². The maximum Gasteiger partial charge on any atom is 0.253 e. The van der Waals surface area contributed by atoms with Crippen LogP contribution in [0.3, 0.4) is 0 Å². The van der Waals surface area contributed by atoms with Crippen LogP contribution in [0, 0.1) is 11.7 Å². The molecule has 1 aromatic heterocycles. The molecule has 1 saturated heterocycles. The van der Waals surface area contributed by atoms with Crippen molar-refractivity contribution in [2.24, 2.45) is 5.92 Å². The first-order chi connectivity index (χ1) is 6.75. The molecule has 3 rings (SSSR count). The molecule has 0 saturated carbocycles. The first-order valence-electron chi connectivity index (χ1n) is 4.87. The summed E-state index contributed by atoms with van der Waals surface area (Å²) in [6.07, 6.45) is 0. The van der Waals surface area contributed by atoms with Crippen LogP contribution < -0.4 is 10.9 Å². The van der Waals surface area contributed by atoms with Crippen LogP contribution in [0.4, 0.5) is 4.39 Å². The first kappa shape index (κ1) is 8.17. The second-order valence-electron chi connectivity index (χ2n) is 4.07. The van der Waals surface area contributed by atoms with Crippen molar-refractivity contribution in [3.8, 4) is 0 Å². The van der Waals surface area contributed by atoms with Crippen LogP contribution in [0.1, 0.15) is 11.6 Å². The summed E-state index contributed by atoms with van der Waals surface area (Å²) in [7, 11) is 0. The van der Waals surface area contributed by atoms with Crippen LogP contribution >= 0.6 is 0 Å². The summed E-state index contributed by atoms with van der Waals surface area (Å²) in [4.78, 5) is 11.5. The number of hydrogen-bond donors (Lipinski definition) is 1. The predicted molar refractivity (Wildman–Crippen MR) is 49.8 cm³/mol. The second kappa shape index (κ2) is 2.67. The molecule has 3 heterocycles. The van der Waals surface area contributed by atoms with Gasteiger partial charge in [-0.1, -0.05) is 0 Å². The molecule has 3 nitrogen and oxygen atoms in total. The Kier molecular flexibility index (Phi) is 1.56. The first-order valence-corrected chi connectivity index (χ1v) is 4.87. The van der Waals surface area contributed by atoms with Crippen molar-refractivity contribution in [2.75, 3.05) is 13.1 Å². The van der Waals surface area contributed by atoms with Crippen molar-refractivity contribution < 1.29 is 4.39 Å². The van der Waals surface area contributed by atoms with Gasteiger partial charge in [0.25, 0.3) is 5.56 Å². The molecule has 0 bridgehead atoms. The van der Waals surface area contributed by atoms with Gasteiger partial charge in [0.1, 0.15) is 5.82 Å². The fourth-order valence-electron chi connectivity index (χ4n) is 2.59. The number of pyridine rings is 1. The number of nitrogens with one attached hydrogen (secondary N) is 1. The minimum Gasteiger partial charge on any atom is -0.316 e. The molecule has 2 aliphatic rings. The molecule has 2 aliphatic heterocycles. The number of nitrogens with zero attached hydrogens (tertiary/aromatic N) is 1. The summed E-state index contributed by atoms with van der Waals surface area (Å²) in [5.74, 6) is 0.400. The Bertz CT molecular complexity index is 440. The minimum atomic E-state index is -0.409. The highest BCUT2D eigenvalue weighted by Gasteiger charge is 2.36. The maximum atomic E-state index is 13.0. The lowest BCUT2D eigenvalue weighted by atomic mass is 9.97. The lowest BCUT2D eigenvalue weighted by Gasteiger charge is -2.06. The van der Waals surface area contributed by atoms with E-state index in [-0.39, 0.29) is 5.56 Å². The third-order valence-corrected chi connectivity index (χ3v) is 3.26. The topological polar surface area (TPSA) is 34.0 Å². The highest BCUT2D eigenvalue weighted by Crippen LogP contribution is 2.34. The Hall–Kier alpha value is -1.16. The Balaban J connectivity index is 2.19. The van der Waals surface area contributed by atoms with Crippen LogP contribution in [-0.2, 0) is 6.54 Å². The number of rotatable bonds is 0. The fraction of sp³-hybridized carbons (Fsp3) is 0.500. The molecule has 0 unspecified atom stereocenters. The van der Waals surface area contributed by atoms with E-state index in [2.05, 4.69) is 5.32 Å². The van der Waals surface area contributed by atoms with Crippen LogP contribution in [0.5, 0.6) is 0 Å². The number of aromatic nitrogens is 1.